The molecule has 0 bridgehead atoms. The van der Waals surface area contributed by atoms with E-state index in [4.69, 9.17) is 5.11 Å². The Morgan fingerprint density at radius 2 is 2.09 bits per heavy atom. The molecule has 0 aromatic rings. The van der Waals surface area contributed by atoms with E-state index in [0.29, 0.717) is 12.3 Å². The molecule has 1 atom stereocenters. The molecule has 0 aliphatic heterocycles. The van der Waals surface area contributed by atoms with Crippen LogP contribution in [0, 0.1) is 5.92 Å². The zero-order chi connectivity index (χ0) is 8.85. The normalized spacial score (nSPS) is 13.5. The first-order valence-corrected chi connectivity index (χ1v) is 3.73. The van der Waals surface area contributed by atoms with Gasteiger partial charge in [0.2, 0.25) is 0 Å². The Balaban J connectivity index is 3.79. The Labute approximate surface area is 67.0 Å². The van der Waals surface area contributed by atoms with Crippen LogP contribution in [0.4, 0.5) is 0 Å². The largest absolute Gasteiger partial charge is 0.480 e. The number of hydrogen-bond acceptors (Lipinski definition) is 3. The van der Waals surface area contributed by atoms with Gasteiger partial charge >= 0.3 is 5.97 Å². The Morgan fingerprint density at radius 1 is 1.55 bits per heavy atom. The zero-order valence-electron chi connectivity index (χ0n) is 7.22. The predicted molar refractivity (Wildman–Crippen MR) is 43.1 cm³/mol. The fourth-order valence-corrected chi connectivity index (χ4v) is 0.867. The number of carbonyl (C=O) groups is 1. The van der Waals surface area contributed by atoms with E-state index >= 15 is 0 Å². The third-order valence-corrected chi connectivity index (χ3v) is 1.32. The van der Waals surface area contributed by atoms with Crippen molar-refractivity contribution < 1.29 is 9.90 Å². The summed E-state index contributed by atoms with van der Waals surface area (Å²) < 4.78 is 0. The lowest BCUT2D eigenvalue weighted by Gasteiger charge is -2.14. The molecule has 0 aliphatic rings. The van der Waals surface area contributed by atoms with Crippen LogP contribution < -0.4 is 10.9 Å². The van der Waals surface area contributed by atoms with E-state index < -0.39 is 12.0 Å². The van der Waals surface area contributed by atoms with Crippen molar-refractivity contribution in [1.29, 1.82) is 0 Å². The van der Waals surface area contributed by atoms with Crippen LogP contribution in [-0.2, 0) is 4.79 Å². The molecule has 0 fully saturated rings. The van der Waals surface area contributed by atoms with Gasteiger partial charge in [0, 0.05) is 0 Å². The van der Waals surface area contributed by atoms with Crippen LogP contribution in [0.5, 0.6) is 0 Å². The number of aliphatic carboxylic acids is 1. The van der Waals surface area contributed by atoms with Gasteiger partial charge in [0.25, 0.3) is 0 Å². The number of carboxylic acid groups (broad SMARTS) is 1. The lowest BCUT2D eigenvalue weighted by Crippen LogP contribution is -2.44. The average molecular weight is 160 g/mol. The molecule has 0 heterocycles. The minimum absolute atomic E-state index is 0.386. The number of hydrogen-bond donors (Lipinski definition) is 3. The summed E-state index contributed by atoms with van der Waals surface area (Å²) in [4.78, 5) is 10.5. The number of carboxylic acids is 1. The van der Waals surface area contributed by atoms with Crippen molar-refractivity contribution in [3.63, 3.8) is 0 Å². The smallest absolute Gasteiger partial charge is 0.322 e. The monoisotopic (exact) mass is 160 g/mol. The molecule has 0 spiro atoms. The molecular weight excluding hydrogens is 144 g/mol. The number of rotatable bonds is 5. The summed E-state index contributed by atoms with van der Waals surface area (Å²) in [6, 6.07) is -0.486. The van der Waals surface area contributed by atoms with Crippen LogP contribution >= 0.6 is 0 Å². The first-order chi connectivity index (χ1) is 5.07. The maximum absolute atomic E-state index is 10.5. The van der Waals surface area contributed by atoms with Gasteiger partial charge < -0.3 is 5.11 Å². The van der Waals surface area contributed by atoms with Gasteiger partial charge in [-0.2, -0.15) is 0 Å². The highest BCUT2D eigenvalue weighted by Crippen LogP contribution is 2.03. The van der Waals surface area contributed by atoms with Gasteiger partial charge in [-0.15, -0.1) is 0 Å². The van der Waals surface area contributed by atoms with Crippen LogP contribution in [-0.4, -0.2) is 24.2 Å². The summed E-state index contributed by atoms with van der Waals surface area (Å²) in [6.07, 6.45) is 0.635. The molecule has 0 amide bonds. The maximum Gasteiger partial charge on any atom is 0.322 e. The fourth-order valence-electron chi connectivity index (χ4n) is 0.867. The first-order valence-electron chi connectivity index (χ1n) is 3.73. The molecule has 66 valence electrons. The van der Waals surface area contributed by atoms with E-state index in [1.807, 2.05) is 13.8 Å². The fraction of sp³-hybridized carbons (Fsp3) is 0.857. The lowest BCUT2D eigenvalue weighted by atomic mass is 10.0. The van der Waals surface area contributed by atoms with Crippen LogP contribution in [0.3, 0.4) is 0 Å². The molecule has 0 aliphatic carbocycles. The van der Waals surface area contributed by atoms with Crippen molar-refractivity contribution in [3.8, 4) is 0 Å². The molecule has 0 saturated heterocycles. The Kier molecular flexibility index (Phi) is 4.81. The van der Waals surface area contributed by atoms with E-state index in [0.717, 1.165) is 0 Å². The van der Waals surface area contributed by atoms with Crippen LogP contribution in [0.1, 0.15) is 20.3 Å². The SMILES string of the molecule is CNNC(CC(C)C)C(=O)O. The quantitative estimate of drug-likeness (QED) is 0.503. The highest BCUT2D eigenvalue weighted by atomic mass is 16.4. The highest BCUT2D eigenvalue weighted by Gasteiger charge is 2.16. The van der Waals surface area contributed by atoms with Crippen molar-refractivity contribution in [2.75, 3.05) is 7.05 Å². The summed E-state index contributed by atoms with van der Waals surface area (Å²) in [5, 5.41) is 8.65. The molecule has 0 aromatic carbocycles. The average Bonchev–Trinajstić information content (AvgIpc) is 1.86. The van der Waals surface area contributed by atoms with Crippen LogP contribution in [0.2, 0.25) is 0 Å². The summed E-state index contributed by atoms with van der Waals surface area (Å²) in [5.41, 5.74) is 5.29. The van der Waals surface area contributed by atoms with Gasteiger partial charge in [-0.25, -0.2) is 5.43 Å². The lowest BCUT2D eigenvalue weighted by molar-refractivity contribution is -0.140. The molecular formula is C7H16N2O2. The van der Waals surface area contributed by atoms with Gasteiger partial charge in [-0.05, 0) is 19.4 Å². The van der Waals surface area contributed by atoms with E-state index in [-0.39, 0.29) is 0 Å². The van der Waals surface area contributed by atoms with Crippen molar-refractivity contribution in [2.45, 2.75) is 26.3 Å². The Hall–Kier alpha value is -0.610. The maximum atomic E-state index is 10.5. The Bertz CT molecular complexity index is 126. The molecule has 0 aromatic heterocycles. The zero-order valence-corrected chi connectivity index (χ0v) is 7.22. The second-order valence-corrected chi connectivity index (χ2v) is 2.91. The van der Waals surface area contributed by atoms with Crippen LogP contribution in [0.15, 0.2) is 0 Å². The van der Waals surface area contributed by atoms with Gasteiger partial charge in [0.1, 0.15) is 6.04 Å². The summed E-state index contributed by atoms with van der Waals surface area (Å²) in [6.45, 7) is 3.99. The highest BCUT2D eigenvalue weighted by molar-refractivity contribution is 5.73. The Morgan fingerprint density at radius 3 is 2.36 bits per heavy atom. The summed E-state index contributed by atoms with van der Waals surface area (Å²) in [5.74, 6) is -0.426. The van der Waals surface area contributed by atoms with Crippen LogP contribution in [0.25, 0.3) is 0 Å². The van der Waals surface area contributed by atoms with E-state index in [2.05, 4.69) is 10.9 Å². The van der Waals surface area contributed by atoms with E-state index in [1.165, 1.54) is 0 Å². The minimum Gasteiger partial charge on any atom is -0.480 e. The molecule has 4 nitrogen and oxygen atoms in total. The molecule has 0 radical (unpaired) electrons. The molecule has 4 heteroatoms. The van der Waals surface area contributed by atoms with Gasteiger partial charge in [-0.3, -0.25) is 10.2 Å². The molecule has 0 saturated carbocycles. The second kappa shape index (κ2) is 5.09. The summed E-state index contributed by atoms with van der Waals surface area (Å²) in [7, 11) is 1.66. The molecule has 3 N–H and O–H groups in total. The van der Waals surface area contributed by atoms with E-state index in [9.17, 15) is 4.79 Å². The van der Waals surface area contributed by atoms with Gasteiger partial charge in [-0.1, -0.05) is 13.8 Å². The molecule has 0 rings (SSSR count). The van der Waals surface area contributed by atoms with Crippen molar-refractivity contribution >= 4 is 5.97 Å². The molecule has 11 heavy (non-hydrogen) atoms. The topological polar surface area (TPSA) is 61.4 Å². The summed E-state index contributed by atoms with van der Waals surface area (Å²) >= 11 is 0. The van der Waals surface area contributed by atoms with E-state index in [1.54, 1.807) is 7.05 Å². The third kappa shape index (κ3) is 4.75. The number of nitrogens with one attached hydrogen (secondary N) is 2. The first kappa shape index (κ1) is 10.4. The molecule has 1 unspecified atom stereocenters. The third-order valence-electron chi connectivity index (χ3n) is 1.32. The standard InChI is InChI=1S/C7H16N2O2/c1-5(2)4-6(7(10)11)9-8-3/h5-6,8-9H,4H2,1-3H3,(H,10,11). The van der Waals surface area contributed by atoms with Crippen molar-refractivity contribution in [3.05, 3.63) is 0 Å². The predicted octanol–water partition coefficient (Wildman–Crippen LogP) is 0.210. The van der Waals surface area contributed by atoms with Gasteiger partial charge in [0.15, 0.2) is 0 Å². The van der Waals surface area contributed by atoms with Gasteiger partial charge in [0.05, 0.1) is 0 Å². The van der Waals surface area contributed by atoms with Crippen molar-refractivity contribution in [1.82, 2.24) is 10.9 Å². The minimum atomic E-state index is -0.812. The second-order valence-electron chi connectivity index (χ2n) is 2.91. The van der Waals surface area contributed by atoms with Crippen molar-refractivity contribution in [2.24, 2.45) is 5.92 Å². The number of hydrazine groups is 1.